The lowest BCUT2D eigenvalue weighted by atomic mass is 9.90. The van der Waals surface area contributed by atoms with Gasteiger partial charge in [0.2, 0.25) is 0 Å². The van der Waals surface area contributed by atoms with Crippen molar-refractivity contribution in [1.82, 2.24) is 9.88 Å². The standard InChI is InChI=1S/C24H23F3N2O2/c1-24(2,27)13-29-10-9-16-15-5-3-4-6-19(15)28-22(16)23(29)21-17(25)11-14(12-18(21)26)7-8-20(30)31/h3-8,11-12,23,28H,9-10,13H2,1-2H3,(H,30,31)/b8-7+/t23-/m1/s1. The molecule has 4 rings (SSSR count). The molecular formula is C24H23F3N2O2. The van der Waals surface area contributed by atoms with E-state index in [-0.39, 0.29) is 17.7 Å². The largest absolute Gasteiger partial charge is 0.478 e. The van der Waals surface area contributed by atoms with Crippen LogP contribution >= 0.6 is 0 Å². The molecule has 0 saturated carbocycles. The van der Waals surface area contributed by atoms with Gasteiger partial charge in [-0.05, 0) is 55.7 Å². The van der Waals surface area contributed by atoms with Crippen molar-refractivity contribution in [3.63, 3.8) is 0 Å². The Bertz CT molecular complexity index is 1150. The number of carboxylic acid groups (broad SMARTS) is 1. The number of aromatic amines is 1. The number of carboxylic acids is 1. The summed E-state index contributed by atoms with van der Waals surface area (Å²) in [5, 5.41) is 9.76. The normalized spacial score (nSPS) is 17.4. The quantitative estimate of drug-likeness (QED) is 0.547. The number of H-pyrrole nitrogens is 1. The van der Waals surface area contributed by atoms with Crippen molar-refractivity contribution in [2.24, 2.45) is 0 Å². The van der Waals surface area contributed by atoms with Crippen LogP contribution in [0.3, 0.4) is 0 Å². The maximum absolute atomic E-state index is 15.2. The molecule has 1 aliphatic rings. The van der Waals surface area contributed by atoms with Gasteiger partial charge in [0.15, 0.2) is 0 Å². The fraction of sp³-hybridized carbons (Fsp3) is 0.292. The van der Waals surface area contributed by atoms with Crippen molar-refractivity contribution in [1.29, 1.82) is 0 Å². The van der Waals surface area contributed by atoms with E-state index in [0.717, 1.165) is 40.8 Å². The highest BCUT2D eigenvalue weighted by Gasteiger charge is 2.37. The Hall–Kier alpha value is -3.06. The lowest BCUT2D eigenvalue weighted by Crippen LogP contribution is -2.43. The molecule has 0 saturated heterocycles. The molecular weight excluding hydrogens is 405 g/mol. The summed E-state index contributed by atoms with van der Waals surface area (Å²) in [5.74, 6) is -2.82. The first-order chi connectivity index (χ1) is 14.6. The van der Waals surface area contributed by atoms with E-state index < -0.39 is 29.3 Å². The van der Waals surface area contributed by atoms with E-state index in [0.29, 0.717) is 18.7 Å². The lowest BCUT2D eigenvalue weighted by Gasteiger charge is -2.38. The Balaban J connectivity index is 1.88. The van der Waals surface area contributed by atoms with Crippen LogP contribution < -0.4 is 0 Å². The zero-order chi connectivity index (χ0) is 22.3. The molecule has 0 radical (unpaired) electrons. The highest BCUT2D eigenvalue weighted by atomic mass is 19.1. The summed E-state index contributed by atoms with van der Waals surface area (Å²) in [5.41, 5.74) is 0.861. The summed E-state index contributed by atoms with van der Waals surface area (Å²) < 4.78 is 45.0. The van der Waals surface area contributed by atoms with Gasteiger partial charge in [0.05, 0.1) is 6.04 Å². The van der Waals surface area contributed by atoms with E-state index in [9.17, 15) is 9.18 Å². The first-order valence-electron chi connectivity index (χ1n) is 10.1. The molecule has 0 bridgehead atoms. The second kappa shape index (κ2) is 7.89. The number of aromatic nitrogens is 1. The van der Waals surface area contributed by atoms with E-state index in [1.165, 1.54) is 13.8 Å². The number of nitrogens with one attached hydrogen (secondary N) is 1. The number of halogens is 3. The molecule has 4 nitrogen and oxygen atoms in total. The van der Waals surface area contributed by atoms with Gasteiger partial charge < -0.3 is 10.1 Å². The summed E-state index contributed by atoms with van der Waals surface area (Å²) >= 11 is 0. The van der Waals surface area contributed by atoms with Crippen molar-refractivity contribution in [3.8, 4) is 0 Å². The van der Waals surface area contributed by atoms with Crippen LogP contribution in [0.2, 0.25) is 0 Å². The van der Waals surface area contributed by atoms with E-state index in [1.807, 2.05) is 24.3 Å². The first kappa shape index (κ1) is 21.2. The Morgan fingerprint density at radius 1 is 1.26 bits per heavy atom. The number of alkyl halides is 1. The van der Waals surface area contributed by atoms with Crippen LogP contribution in [0.1, 0.15) is 42.3 Å². The third-order valence-corrected chi connectivity index (χ3v) is 5.51. The number of hydrogen-bond donors (Lipinski definition) is 2. The van der Waals surface area contributed by atoms with E-state index >= 15 is 8.78 Å². The van der Waals surface area contributed by atoms with Crippen LogP contribution in [0.4, 0.5) is 13.2 Å². The highest BCUT2D eigenvalue weighted by Crippen LogP contribution is 2.41. The van der Waals surface area contributed by atoms with Crippen molar-refractivity contribution in [3.05, 3.63) is 76.5 Å². The molecule has 1 aliphatic heterocycles. The molecule has 2 aromatic carbocycles. The minimum atomic E-state index is -1.56. The van der Waals surface area contributed by atoms with Crippen molar-refractivity contribution in [2.45, 2.75) is 32.0 Å². The number of benzene rings is 2. The molecule has 2 N–H and O–H groups in total. The summed E-state index contributed by atoms with van der Waals surface area (Å²) in [7, 11) is 0. The summed E-state index contributed by atoms with van der Waals surface area (Å²) in [6, 6.07) is 9.04. The lowest BCUT2D eigenvalue weighted by molar-refractivity contribution is -0.131. The van der Waals surface area contributed by atoms with Crippen LogP contribution in [-0.2, 0) is 11.2 Å². The Morgan fingerprint density at radius 3 is 2.58 bits per heavy atom. The van der Waals surface area contributed by atoms with Gasteiger partial charge in [-0.2, -0.15) is 0 Å². The van der Waals surface area contributed by atoms with Crippen molar-refractivity contribution < 1.29 is 23.1 Å². The maximum Gasteiger partial charge on any atom is 0.328 e. The number of rotatable bonds is 5. The van der Waals surface area contributed by atoms with E-state index in [4.69, 9.17) is 5.11 Å². The predicted octanol–water partition coefficient (Wildman–Crippen LogP) is 5.24. The highest BCUT2D eigenvalue weighted by molar-refractivity contribution is 5.86. The Labute approximate surface area is 178 Å². The number of carbonyl (C=O) groups is 1. The minimum absolute atomic E-state index is 0.00597. The third-order valence-electron chi connectivity index (χ3n) is 5.51. The van der Waals surface area contributed by atoms with Gasteiger partial charge in [-0.3, -0.25) is 4.90 Å². The first-order valence-corrected chi connectivity index (χ1v) is 10.1. The smallest absolute Gasteiger partial charge is 0.328 e. The molecule has 0 fully saturated rings. The zero-order valence-corrected chi connectivity index (χ0v) is 17.3. The molecule has 1 aromatic heterocycles. The van der Waals surface area contributed by atoms with Crippen LogP contribution in [0.15, 0.2) is 42.5 Å². The second-order valence-corrected chi connectivity index (χ2v) is 8.47. The zero-order valence-electron chi connectivity index (χ0n) is 17.3. The van der Waals surface area contributed by atoms with Gasteiger partial charge >= 0.3 is 5.97 Å². The summed E-state index contributed by atoms with van der Waals surface area (Å²) in [6.45, 7) is 3.34. The minimum Gasteiger partial charge on any atom is -0.478 e. The number of nitrogens with zero attached hydrogens (tertiary/aromatic N) is 1. The monoisotopic (exact) mass is 428 g/mol. The predicted molar refractivity (Wildman–Crippen MR) is 114 cm³/mol. The summed E-state index contributed by atoms with van der Waals surface area (Å²) in [6.07, 6.45) is 2.59. The molecule has 7 heteroatoms. The van der Waals surface area contributed by atoms with Gasteiger partial charge in [0, 0.05) is 41.3 Å². The fourth-order valence-electron chi connectivity index (χ4n) is 4.40. The molecule has 3 aromatic rings. The van der Waals surface area contributed by atoms with Gasteiger partial charge in [-0.15, -0.1) is 0 Å². The maximum atomic E-state index is 15.2. The third kappa shape index (κ3) is 4.23. The molecule has 162 valence electrons. The molecule has 2 heterocycles. The van der Waals surface area contributed by atoms with Crippen LogP contribution in [0.5, 0.6) is 0 Å². The molecule has 31 heavy (non-hydrogen) atoms. The fourth-order valence-corrected chi connectivity index (χ4v) is 4.40. The van der Waals surface area contributed by atoms with Crippen LogP contribution in [-0.4, -0.2) is 39.7 Å². The molecule has 1 atom stereocenters. The van der Waals surface area contributed by atoms with Crippen molar-refractivity contribution in [2.75, 3.05) is 13.1 Å². The van der Waals surface area contributed by atoms with Gasteiger partial charge in [0.1, 0.15) is 17.3 Å². The Kier molecular flexibility index (Phi) is 5.39. The number of aliphatic carboxylic acids is 1. The van der Waals surface area contributed by atoms with Crippen LogP contribution in [0, 0.1) is 11.6 Å². The van der Waals surface area contributed by atoms with E-state index in [2.05, 4.69) is 4.98 Å². The number of para-hydroxylation sites is 1. The average molecular weight is 428 g/mol. The second-order valence-electron chi connectivity index (χ2n) is 8.47. The van der Waals surface area contributed by atoms with Gasteiger partial charge in [-0.1, -0.05) is 18.2 Å². The van der Waals surface area contributed by atoms with E-state index in [1.54, 1.807) is 4.90 Å². The van der Waals surface area contributed by atoms with Gasteiger partial charge in [0.25, 0.3) is 0 Å². The average Bonchev–Trinajstić information content (AvgIpc) is 3.05. The molecule has 0 aliphatic carbocycles. The SMILES string of the molecule is CC(C)(F)CN1CCc2c([nH]c3ccccc23)[C@H]1c1c(F)cc(/C=C/C(=O)O)cc1F. The molecule has 0 unspecified atom stereocenters. The van der Waals surface area contributed by atoms with Gasteiger partial charge in [-0.25, -0.2) is 18.0 Å². The summed E-state index contributed by atoms with van der Waals surface area (Å²) in [4.78, 5) is 15.8. The van der Waals surface area contributed by atoms with Crippen molar-refractivity contribution >= 4 is 22.9 Å². The number of hydrogen-bond acceptors (Lipinski definition) is 2. The molecule has 0 spiro atoms. The molecule has 0 amide bonds. The van der Waals surface area contributed by atoms with Crippen LogP contribution in [0.25, 0.3) is 17.0 Å². The topological polar surface area (TPSA) is 56.3 Å². The number of fused-ring (bicyclic) bond motifs is 3. The Morgan fingerprint density at radius 2 is 1.94 bits per heavy atom.